The Morgan fingerprint density at radius 1 is 0.562 bits per heavy atom. The van der Waals surface area contributed by atoms with Gasteiger partial charge in [0.15, 0.2) is 0 Å². The third-order valence-corrected chi connectivity index (χ3v) is 35.8. The molecule has 0 aliphatic carbocycles. The van der Waals surface area contributed by atoms with Crippen molar-refractivity contribution in [1.82, 2.24) is 0 Å². The summed E-state index contributed by atoms with van der Waals surface area (Å²) in [7, 11) is -4.12. The minimum Gasteiger partial charge on any atom is -0.101 e. The van der Waals surface area contributed by atoms with Crippen LogP contribution in [0.1, 0.15) is 0 Å². The first-order valence-corrected chi connectivity index (χ1v) is 20.5. The third-order valence-electron chi connectivity index (χ3n) is 4.56. The van der Waals surface area contributed by atoms with Crippen LogP contribution in [0.3, 0.4) is 0 Å². The van der Waals surface area contributed by atoms with Crippen LogP contribution in [0.2, 0.25) is 65.5 Å². The summed E-state index contributed by atoms with van der Waals surface area (Å²) in [6.45, 7) is 26.1. The van der Waals surface area contributed by atoms with Crippen LogP contribution in [-0.4, -0.2) is 31.3 Å². The zero-order valence-electron chi connectivity index (χ0n) is 13.0. The maximum absolute atomic E-state index is 2.66. The van der Waals surface area contributed by atoms with Gasteiger partial charge in [0.25, 0.3) is 0 Å². The minimum atomic E-state index is -1.06. The Hall–Kier alpha value is 0.608. The standard InChI is InChI=1S/C12H30Si4/c1-13(2,3)11-12(14(4,5)6)16(9,10)15(11,7)8/h1-10H3. The molecule has 0 aromatic heterocycles. The topological polar surface area (TPSA) is 0 Å². The smallest absolute Gasteiger partial charge is 0.0676 e. The SMILES string of the molecule is C[Si](C)(C)C1=C([Si](C)(C)C)[Si](C)(C)[Si]1(C)C. The molecule has 0 atom stereocenters. The van der Waals surface area contributed by atoms with E-state index in [-0.39, 0.29) is 0 Å². The fourth-order valence-corrected chi connectivity index (χ4v) is 47.8. The van der Waals surface area contributed by atoms with Gasteiger partial charge in [-0.3, -0.25) is 0 Å². The lowest BCUT2D eigenvalue weighted by Gasteiger charge is -2.60. The molecule has 0 unspecified atom stereocenters. The molecule has 0 saturated carbocycles. The number of rotatable bonds is 2. The monoisotopic (exact) mass is 286 g/mol. The molecule has 94 valence electrons. The first-order chi connectivity index (χ1) is 6.74. The Morgan fingerprint density at radius 2 is 0.750 bits per heavy atom. The van der Waals surface area contributed by atoms with Crippen molar-refractivity contribution in [3.05, 3.63) is 9.64 Å². The molecule has 0 nitrogen and oxygen atoms in total. The van der Waals surface area contributed by atoms with Crippen molar-refractivity contribution >= 4 is 31.3 Å². The van der Waals surface area contributed by atoms with Crippen LogP contribution in [0, 0.1) is 0 Å². The second-order valence-electron chi connectivity index (χ2n) is 8.50. The summed E-state index contributed by atoms with van der Waals surface area (Å²) in [5.74, 6) is 0. The summed E-state index contributed by atoms with van der Waals surface area (Å²) < 4.78 is 0. The molecule has 0 saturated heterocycles. The largest absolute Gasteiger partial charge is 0.101 e. The van der Waals surface area contributed by atoms with E-state index in [4.69, 9.17) is 0 Å². The molecule has 16 heavy (non-hydrogen) atoms. The molecule has 0 amide bonds. The molecule has 0 radical (unpaired) electrons. The first-order valence-electron chi connectivity index (χ1n) is 6.50. The van der Waals surface area contributed by atoms with Crippen LogP contribution >= 0.6 is 0 Å². The molecular formula is C12H30Si4. The molecule has 1 rings (SSSR count). The summed E-state index contributed by atoms with van der Waals surface area (Å²) in [4.78, 5) is 4.16. The highest BCUT2D eigenvalue weighted by atomic mass is 29.3. The Labute approximate surface area is 106 Å². The number of hydrogen-bond acceptors (Lipinski definition) is 0. The molecule has 1 aliphatic heterocycles. The van der Waals surface area contributed by atoms with Gasteiger partial charge in [0, 0.05) is 0 Å². The van der Waals surface area contributed by atoms with Crippen LogP contribution in [0.4, 0.5) is 0 Å². The Bertz CT molecular complexity index is 303. The lowest BCUT2D eigenvalue weighted by molar-refractivity contribution is 1.53. The van der Waals surface area contributed by atoms with Gasteiger partial charge in [-0.05, 0) is 0 Å². The fraction of sp³-hybridized carbons (Fsp3) is 0.833. The zero-order chi connectivity index (χ0) is 13.2. The van der Waals surface area contributed by atoms with Gasteiger partial charge in [-0.25, -0.2) is 0 Å². The summed E-state index contributed by atoms with van der Waals surface area (Å²) in [6.07, 6.45) is 0. The third kappa shape index (κ3) is 1.91. The highest BCUT2D eigenvalue weighted by molar-refractivity contribution is 7.57. The van der Waals surface area contributed by atoms with E-state index < -0.39 is 31.3 Å². The van der Waals surface area contributed by atoms with Crippen LogP contribution in [0.15, 0.2) is 9.64 Å². The maximum atomic E-state index is 2.66. The molecule has 0 aromatic carbocycles. The summed E-state index contributed by atoms with van der Waals surface area (Å²) in [6, 6.07) is 0. The first kappa shape index (κ1) is 14.7. The van der Waals surface area contributed by atoms with E-state index in [2.05, 4.69) is 75.1 Å². The lowest BCUT2D eigenvalue weighted by Crippen LogP contribution is -2.74. The van der Waals surface area contributed by atoms with Gasteiger partial charge >= 0.3 is 0 Å². The molecule has 1 heterocycles. The second kappa shape index (κ2) is 3.55. The Balaban J connectivity index is 3.48. The van der Waals surface area contributed by atoms with Gasteiger partial charge in [-0.1, -0.05) is 65.5 Å². The lowest BCUT2D eigenvalue weighted by atomic mass is 11.2. The van der Waals surface area contributed by atoms with Crippen molar-refractivity contribution < 1.29 is 0 Å². The van der Waals surface area contributed by atoms with Gasteiger partial charge in [0.1, 0.15) is 0 Å². The Morgan fingerprint density at radius 3 is 0.875 bits per heavy atom. The predicted molar refractivity (Wildman–Crippen MR) is 88.7 cm³/mol. The van der Waals surface area contributed by atoms with Gasteiger partial charge < -0.3 is 0 Å². The van der Waals surface area contributed by atoms with E-state index in [9.17, 15) is 0 Å². The normalized spacial score (nSPS) is 24.4. The van der Waals surface area contributed by atoms with Crippen molar-refractivity contribution in [1.29, 1.82) is 0 Å². The molecule has 0 fully saturated rings. The fourth-order valence-electron chi connectivity index (χ4n) is 3.81. The molecule has 0 N–H and O–H groups in total. The Kier molecular flexibility index (Phi) is 3.26. The van der Waals surface area contributed by atoms with E-state index in [1.165, 1.54) is 0 Å². The average Bonchev–Trinajstić information content (AvgIpc) is 1.94. The highest BCUT2D eigenvalue weighted by Gasteiger charge is 2.61. The van der Waals surface area contributed by atoms with Gasteiger partial charge in [-0.2, -0.15) is 0 Å². The number of hydrogen-bond donors (Lipinski definition) is 0. The molecular weight excluding hydrogens is 256 g/mol. The van der Waals surface area contributed by atoms with E-state index in [1.807, 2.05) is 0 Å². The second-order valence-corrected chi connectivity index (χ2v) is 34.5. The molecule has 0 spiro atoms. The molecule has 4 heteroatoms. The maximum Gasteiger partial charge on any atom is 0.0676 e. The van der Waals surface area contributed by atoms with Crippen molar-refractivity contribution in [2.75, 3.05) is 0 Å². The van der Waals surface area contributed by atoms with Crippen molar-refractivity contribution in [3.8, 4) is 0 Å². The van der Waals surface area contributed by atoms with E-state index >= 15 is 0 Å². The van der Waals surface area contributed by atoms with Crippen LogP contribution in [-0.2, 0) is 0 Å². The molecule has 0 aromatic rings. The average molecular weight is 287 g/mol. The van der Waals surface area contributed by atoms with Crippen molar-refractivity contribution in [2.45, 2.75) is 65.5 Å². The summed E-state index contributed by atoms with van der Waals surface area (Å²) in [5, 5.41) is 0. The van der Waals surface area contributed by atoms with Crippen molar-refractivity contribution in [2.24, 2.45) is 0 Å². The van der Waals surface area contributed by atoms with Crippen LogP contribution in [0.5, 0.6) is 0 Å². The van der Waals surface area contributed by atoms with Gasteiger partial charge in [0.05, 0.1) is 31.3 Å². The van der Waals surface area contributed by atoms with E-state index in [1.54, 1.807) is 0 Å². The van der Waals surface area contributed by atoms with Gasteiger partial charge in [0.2, 0.25) is 0 Å². The van der Waals surface area contributed by atoms with E-state index in [0.29, 0.717) is 0 Å². The van der Waals surface area contributed by atoms with Gasteiger partial charge in [-0.15, -0.1) is 9.64 Å². The van der Waals surface area contributed by atoms with Crippen molar-refractivity contribution in [3.63, 3.8) is 0 Å². The van der Waals surface area contributed by atoms with Crippen LogP contribution < -0.4 is 0 Å². The summed E-state index contributed by atoms with van der Waals surface area (Å²) >= 11 is 0. The van der Waals surface area contributed by atoms with E-state index in [0.717, 1.165) is 0 Å². The van der Waals surface area contributed by atoms with Crippen LogP contribution in [0.25, 0.3) is 0 Å². The quantitative estimate of drug-likeness (QED) is 0.650. The zero-order valence-corrected chi connectivity index (χ0v) is 17.0. The highest BCUT2D eigenvalue weighted by Crippen LogP contribution is 2.51. The molecule has 0 bridgehead atoms. The predicted octanol–water partition coefficient (Wildman–Crippen LogP) is 4.63. The summed E-state index contributed by atoms with van der Waals surface area (Å²) in [5.41, 5.74) is 0. The molecule has 1 aliphatic rings. The minimum absolute atomic E-state index is 1.00.